The molecule has 32 heavy (non-hydrogen) atoms. The van der Waals surface area contributed by atoms with Gasteiger partial charge in [-0.15, -0.1) is 0 Å². The number of benzene rings is 2. The summed E-state index contributed by atoms with van der Waals surface area (Å²) in [5, 5.41) is 10.8. The molecule has 0 fully saturated rings. The van der Waals surface area contributed by atoms with E-state index in [2.05, 4.69) is 10.6 Å². The maximum absolute atomic E-state index is 12.7. The van der Waals surface area contributed by atoms with Gasteiger partial charge in [0.15, 0.2) is 0 Å². The molecule has 0 bridgehead atoms. The van der Waals surface area contributed by atoms with Gasteiger partial charge in [-0.3, -0.25) is 10.1 Å². The minimum atomic E-state index is -0.502. The molecule has 0 aliphatic rings. The van der Waals surface area contributed by atoms with E-state index < -0.39 is 17.9 Å². The van der Waals surface area contributed by atoms with Crippen LogP contribution in [0.15, 0.2) is 48.5 Å². The van der Waals surface area contributed by atoms with Gasteiger partial charge >= 0.3 is 6.03 Å². The summed E-state index contributed by atoms with van der Waals surface area (Å²) in [6.45, 7) is 7.83. The number of hydrogen-bond acceptors (Lipinski definition) is 3. The molecule has 0 spiro atoms. The van der Waals surface area contributed by atoms with Gasteiger partial charge in [0.1, 0.15) is 5.82 Å². The summed E-state index contributed by atoms with van der Waals surface area (Å²) in [4.78, 5) is 24.4. The first-order valence-electron chi connectivity index (χ1n) is 9.99. The summed E-state index contributed by atoms with van der Waals surface area (Å²) < 4.78 is 1.62. The zero-order chi connectivity index (χ0) is 23.6. The van der Waals surface area contributed by atoms with Crippen LogP contribution >= 0.6 is 23.2 Å². The van der Waals surface area contributed by atoms with Gasteiger partial charge in [-0.25, -0.2) is 9.48 Å². The molecular formula is C23H25Cl2N5O2. The van der Waals surface area contributed by atoms with Crippen molar-refractivity contribution in [2.45, 2.75) is 39.0 Å². The number of carbonyl (C=O) groups is 2. The Morgan fingerprint density at radius 1 is 1.06 bits per heavy atom. The van der Waals surface area contributed by atoms with Gasteiger partial charge in [0.25, 0.3) is 0 Å². The number of hydrogen-bond donors (Lipinski definition) is 3. The SMILES string of the molecule is CC(C(N)=O)c1cccc(-n2nc(C(C)(C)C)cc2NC(=O)Nc2cccc(Cl)c2Cl)c1. The molecule has 7 nitrogen and oxygen atoms in total. The van der Waals surface area contributed by atoms with Crippen LogP contribution < -0.4 is 16.4 Å². The van der Waals surface area contributed by atoms with Crippen LogP contribution in [0.5, 0.6) is 0 Å². The summed E-state index contributed by atoms with van der Waals surface area (Å²) in [6, 6.07) is 13.6. The molecule has 4 N–H and O–H groups in total. The Kier molecular flexibility index (Phi) is 6.81. The van der Waals surface area contributed by atoms with Gasteiger partial charge in [0.05, 0.1) is 33.0 Å². The highest BCUT2D eigenvalue weighted by atomic mass is 35.5. The van der Waals surface area contributed by atoms with Gasteiger partial charge in [0.2, 0.25) is 5.91 Å². The second-order valence-corrected chi connectivity index (χ2v) is 9.26. The molecule has 1 atom stereocenters. The summed E-state index contributed by atoms with van der Waals surface area (Å²) in [5.41, 5.74) is 7.81. The van der Waals surface area contributed by atoms with Gasteiger partial charge in [0, 0.05) is 11.5 Å². The summed E-state index contributed by atoms with van der Waals surface area (Å²) in [6.07, 6.45) is 0. The van der Waals surface area contributed by atoms with E-state index in [1.54, 1.807) is 29.8 Å². The van der Waals surface area contributed by atoms with Gasteiger partial charge in [-0.2, -0.15) is 5.10 Å². The van der Waals surface area contributed by atoms with Crippen LogP contribution in [0.1, 0.15) is 44.9 Å². The van der Waals surface area contributed by atoms with E-state index in [0.29, 0.717) is 22.2 Å². The summed E-state index contributed by atoms with van der Waals surface area (Å²) in [7, 11) is 0. The maximum atomic E-state index is 12.7. The Balaban J connectivity index is 1.97. The van der Waals surface area contributed by atoms with Gasteiger partial charge in [-0.1, -0.05) is 62.2 Å². The number of amides is 3. The van der Waals surface area contributed by atoms with Crippen LogP contribution in [0.2, 0.25) is 10.0 Å². The molecule has 9 heteroatoms. The fraction of sp³-hybridized carbons (Fsp3) is 0.261. The van der Waals surface area contributed by atoms with Crippen molar-refractivity contribution >= 4 is 46.6 Å². The van der Waals surface area contributed by atoms with Crippen LogP contribution in [0, 0.1) is 0 Å². The summed E-state index contributed by atoms with van der Waals surface area (Å²) in [5.74, 6) is -0.430. The zero-order valence-electron chi connectivity index (χ0n) is 18.2. The smallest absolute Gasteiger partial charge is 0.324 e. The second-order valence-electron chi connectivity index (χ2n) is 8.48. The van der Waals surface area contributed by atoms with E-state index >= 15 is 0 Å². The minimum Gasteiger partial charge on any atom is -0.369 e. The Bertz CT molecular complexity index is 1170. The van der Waals surface area contributed by atoms with Crippen molar-refractivity contribution in [2.75, 3.05) is 10.6 Å². The van der Waals surface area contributed by atoms with E-state index in [1.165, 1.54) is 0 Å². The molecule has 1 aromatic heterocycles. The predicted molar refractivity (Wildman–Crippen MR) is 129 cm³/mol. The standard InChI is InChI=1S/C23H25Cl2N5O2/c1-13(21(26)31)14-7-5-8-15(11-14)30-19(12-18(29-30)23(2,3)4)28-22(32)27-17-10-6-9-16(24)20(17)25/h5-13H,1-4H3,(H2,26,31)(H2,27,28,32). The van der Waals surface area contributed by atoms with Gasteiger partial charge in [-0.05, 0) is 36.8 Å². The molecule has 3 rings (SSSR count). The lowest BCUT2D eigenvalue weighted by molar-refractivity contribution is -0.119. The largest absolute Gasteiger partial charge is 0.369 e. The molecular weight excluding hydrogens is 449 g/mol. The average Bonchev–Trinajstić information content (AvgIpc) is 3.15. The van der Waals surface area contributed by atoms with E-state index in [1.807, 2.05) is 51.1 Å². The molecule has 3 aromatic rings. The van der Waals surface area contributed by atoms with Crippen molar-refractivity contribution in [1.29, 1.82) is 0 Å². The number of nitrogens with zero attached hydrogens (tertiary/aromatic N) is 2. The third kappa shape index (κ3) is 5.23. The van der Waals surface area contributed by atoms with Crippen LogP contribution in [0.25, 0.3) is 5.69 Å². The third-order valence-electron chi connectivity index (χ3n) is 4.96. The van der Waals surface area contributed by atoms with E-state index in [9.17, 15) is 9.59 Å². The van der Waals surface area contributed by atoms with Crippen molar-refractivity contribution < 1.29 is 9.59 Å². The molecule has 0 radical (unpaired) electrons. The normalized spacial score (nSPS) is 12.3. The third-order valence-corrected chi connectivity index (χ3v) is 5.78. The lowest BCUT2D eigenvalue weighted by atomic mass is 9.92. The zero-order valence-corrected chi connectivity index (χ0v) is 19.8. The highest BCUT2D eigenvalue weighted by Crippen LogP contribution is 2.30. The molecule has 0 saturated heterocycles. The van der Waals surface area contributed by atoms with Crippen molar-refractivity contribution in [3.8, 4) is 5.69 Å². The first-order valence-corrected chi connectivity index (χ1v) is 10.7. The highest BCUT2D eigenvalue weighted by molar-refractivity contribution is 6.44. The molecule has 0 saturated carbocycles. The van der Waals surface area contributed by atoms with Crippen molar-refractivity contribution in [1.82, 2.24) is 9.78 Å². The fourth-order valence-corrected chi connectivity index (χ4v) is 3.34. The summed E-state index contributed by atoms with van der Waals surface area (Å²) >= 11 is 12.2. The Morgan fingerprint density at radius 2 is 1.75 bits per heavy atom. The minimum absolute atomic E-state index is 0.251. The Morgan fingerprint density at radius 3 is 2.41 bits per heavy atom. The van der Waals surface area contributed by atoms with E-state index in [-0.39, 0.29) is 10.4 Å². The fourth-order valence-electron chi connectivity index (χ4n) is 2.99. The number of carbonyl (C=O) groups excluding carboxylic acids is 2. The number of halogens is 2. The molecule has 0 aliphatic heterocycles. The molecule has 2 aromatic carbocycles. The Hall–Kier alpha value is -3.03. The molecule has 0 aliphatic carbocycles. The van der Waals surface area contributed by atoms with Crippen LogP contribution in [-0.2, 0) is 10.2 Å². The first kappa shape index (κ1) is 23.6. The van der Waals surface area contributed by atoms with Crippen molar-refractivity contribution in [3.63, 3.8) is 0 Å². The second kappa shape index (κ2) is 9.22. The molecule has 3 amide bonds. The first-order chi connectivity index (χ1) is 15.0. The number of nitrogens with one attached hydrogen (secondary N) is 2. The van der Waals surface area contributed by atoms with Crippen LogP contribution in [0.4, 0.5) is 16.3 Å². The quantitative estimate of drug-likeness (QED) is 0.441. The van der Waals surface area contributed by atoms with Gasteiger partial charge < -0.3 is 11.1 Å². The van der Waals surface area contributed by atoms with Crippen LogP contribution in [0.3, 0.4) is 0 Å². The molecule has 168 valence electrons. The topological polar surface area (TPSA) is 102 Å². The highest BCUT2D eigenvalue weighted by Gasteiger charge is 2.22. The average molecular weight is 474 g/mol. The monoisotopic (exact) mass is 473 g/mol. The van der Waals surface area contributed by atoms with Crippen molar-refractivity contribution in [2.24, 2.45) is 5.73 Å². The van der Waals surface area contributed by atoms with Crippen LogP contribution in [-0.4, -0.2) is 21.7 Å². The number of nitrogens with two attached hydrogens (primary N) is 1. The van der Waals surface area contributed by atoms with E-state index in [4.69, 9.17) is 34.0 Å². The lowest BCUT2D eigenvalue weighted by Crippen LogP contribution is -2.21. The molecule has 1 heterocycles. The number of urea groups is 1. The number of aromatic nitrogens is 2. The molecule has 1 unspecified atom stereocenters. The number of anilines is 2. The maximum Gasteiger partial charge on any atom is 0.324 e. The predicted octanol–water partition coefficient (Wildman–Crippen LogP) is 5.71. The lowest BCUT2D eigenvalue weighted by Gasteiger charge is -2.14. The van der Waals surface area contributed by atoms with E-state index in [0.717, 1.165) is 11.3 Å². The number of primary amides is 1. The Labute approximate surface area is 196 Å². The number of rotatable bonds is 5. The van der Waals surface area contributed by atoms with Crippen molar-refractivity contribution in [3.05, 3.63) is 69.8 Å².